The second-order valence-electron chi connectivity index (χ2n) is 5.88. The van der Waals surface area contributed by atoms with Gasteiger partial charge in [0, 0.05) is 13.1 Å². The lowest BCUT2D eigenvalue weighted by molar-refractivity contribution is 0.00391. The third kappa shape index (κ3) is 14.1. The minimum Gasteiger partial charge on any atom is -0.444 e. The Hall–Kier alpha value is -1.55. The number of carbonyl (C=O) groups excluding carboxylic acids is 1. The van der Waals surface area contributed by atoms with Crippen LogP contribution >= 0.6 is 0 Å². The summed E-state index contributed by atoms with van der Waals surface area (Å²) >= 11 is 0. The summed E-state index contributed by atoms with van der Waals surface area (Å²) in [5, 5.41) is 9.38. The molecule has 0 bridgehead atoms. The van der Waals surface area contributed by atoms with E-state index in [1.54, 1.807) is 4.90 Å². The number of piperidine rings is 1. The number of β-amino-alcohol motifs (C(OH)–C–C–N with tert-alkyl or cyclic N) is 1. The molecule has 0 spiro atoms. The van der Waals surface area contributed by atoms with E-state index < -0.39 is 11.7 Å². The minimum absolute atomic E-state index is 0.323. The summed E-state index contributed by atoms with van der Waals surface area (Å²) in [7, 11) is 0. The van der Waals surface area contributed by atoms with Crippen LogP contribution in [0.3, 0.4) is 0 Å². The van der Waals surface area contributed by atoms with Crippen molar-refractivity contribution in [3.05, 3.63) is 36.4 Å². The predicted molar refractivity (Wildman–Crippen MR) is 102 cm³/mol. The van der Waals surface area contributed by atoms with E-state index in [2.05, 4.69) is 0 Å². The molecule has 0 aromatic heterocycles. The average Bonchev–Trinajstić information content (AvgIpc) is 2.59. The van der Waals surface area contributed by atoms with Gasteiger partial charge in [-0.25, -0.2) is 4.79 Å². The van der Waals surface area contributed by atoms with E-state index in [-0.39, 0.29) is 6.09 Å². The van der Waals surface area contributed by atoms with E-state index in [1.165, 1.54) is 0 Å². The van der Waals surface area contributed by atoms with Gasteiger partial charge in [-0.3, -0.25) is 0 Å². The summed E-state index contributed by atoms with van der Waals surface area (Å²) in [5.74, 6) is 0. The van der Waals surface area contributed by atoms with Gasteiger partial charge in [0.1, 0.15) is 5.60 Å². The Labute approximate surface area is 148 Å². The standard InChI is InChI=1S/C10H19NO3.C6H6.2C2H6/c1-10(2,3)14-9(13)11-6-4-5-8(12)7-11;1-2-4-6-5-3-1;2*1-2/h8,12H,4-7H2,1-3H3;1-6H;2*1-2H3. The molecule has 4 nitrogen and oxygen atoms in total. The van der Waals surface area contributed by atoms with Crippen LogP contribution in [0.5, 0.6) is 0 Å². The second-order valence-corrected chi connectivity index (χ2v) is 5.88. The molecule has 1 fully saturated rings. The second kappa shape index (κ2) is 15.0. The van der Waals surface area contributed by atoms with Crippen molar-refractivity contribution in [2.45, 2.75) is 73.0 Å². The zero-order valence-electron chi connectivity index (χ0n) is 16.6. The average molecular weight is 340 g/mol. The first-order chi connectivity index (χ1) is 11.4. The molecule has 0 radical (unpaired) electrons. The zero-order chi connectivity index (χ0) is 19.0. The number of rotatable bonds is 0. The van der Waals surface area contributed by atoms with Crippen molar-refractivity contribution in [3.63, 3.8) is 0 Å². The number of hydrogen-bond acceptors (Lipinski definition) is 3. The number of amides is 1. The highest BCUT2D eigenvalue weighted by atomic mass is 16.6. The first-order valence-corrected chi connectivity index (χ1v) is 9.04. The van der Waals surface area contributed by atoms with E-state index in [0.29, 0.717) is 13.1 Å². The number of nitrogens with zero attached hydrogens (tertiary/aromatic N) is 1. The largest absolute Gasteiger partial charge is 0.444 e. The number of hydrogen-bond donors (Lipinski definition) is 1. The molecule has 1 aromatic rings. The maximum absolute atomic E-state index is 11.6. The van der Waals surface area contributed by atoms with Gasteiger partial charge in [0.25, 0.3) is 0 Å². The quantitative estimate of drug-likeness (QED) is 0.714. The van der Waals surface area contributed by atoms with Gasteiger partial charge in [-0.2, -0.15) is 0 Å². The molecule has 1 aliphatic heterocycles. The molecule has 4 heteroatoms. The van der Waals surface area contributed by atoms with Gasteiger partial charge in [-0.1, -0.05) is 64.1 Å². The van der Waals surface area contributed by atoms with Crippen LogP contribution in [0, 0.1) is 0 Å². The Balaban J connectivity index is 0. The van der Waals surface area contributed by atoms with Crippen molar-refractivity contribution < 1.29 is 14.6 Å². The Morgan fingerprint density at radius 3 is 1.75 bits per heavy atom. The molecule has 1 unspecified atom stereocenters. The van der Waals surface area contributed by atoms with Crippen molar-refractivity contribution >= 4 is 6.09 Å². The molecule has 0 aliphatic carbocycles. The number of aliphatic hydroxyl groups excluding tert-OH is 1. The van der Waals surface area contributed by atoms with E-state index in [9.17, 15) is 9.90 Å². The van der Waals surface area contributed by atoms with Gasteiger partial charge in [0.15, 0.2) is 0 Å². The number of ether oxygens (including phenoxy) is 1. The Kier molecular flexibility index (Phi) is 15.4. The maximum atomic E-state index is 11.6. The fraction of sp³-hybridized carbons (Fsp3) is 0.650. The van der Waals surface area contributed by atoms with Crippen LogP contribution in [0.25, 0.3) is 0 Å². The van der Waals surface area contributed by atoms with Crippen LogP contribution in [0.2, 0.25) is 0 Å². The molecular formula is C20H37NO3. The normalized spacial score (nSPS) is 16.2. The van der Waals surface area contributed by atoms with E-state index >= 15 is 0 Å². The Bertz CT molecular complexity index is 361. The fourth-order valence-corrected chi connectivity index (χ4v) is 1.83. The monoisotopic (exact) mass is 339 g/mol. The van der Waals surface area contributed by atoms with Crippen LogP contribution < -0.4 is 0 Å². The van der Waals surface area contributed by atoms with Gasteiger partial charge in [-0.15, -0.1) is 0 Å². The highest BCUT2D eigenvalue weighted by Crippen LogP contribution is 2.14. The van der Waals surface area contributed by atoms with Gasteiger partial charge in [-0.05, 0) is 33.6 Å². The van der Waals surface area contributed by atoms with E-state index in [0.717, 1.165) is 12.8 Å². The third-order valence-corrected chi connectivity index (χ3v) is 2.71. The fourth-order valence-electron chi connectivity index (χ4n) is 1.83. The number of benzene rings is 1. The number of likely N-dealkylation sites (tertiary alicyclic amines) is 1. The molecule has 0 saturated carbocycles. The summed E-state index contributed by atoms with van der Waals surface area (Å²) in [6.45, 7) is 14.6. The zero-order valence-corrected chi connectivity index (χ0v) is 16.6. The maximum Gasteiger partial charge on any atom is 0.410 e. The van der Waals surface area contributed by atoms with Crippen LogP contribution in [-0.2, 0) is 4.74 Å². The molecule has 24 heavy (non-hydrogen) atoms. The molecule has 1 atom stereocenters. The molecule has 2 rings (SSSR count). The lowest BCUT2D eigenvalue weighted by Crippen LogP contribution is -2.44. The number of aliphatic hydroxyl groups is 1. The van der Waals surface area contributed by atoms with Crippen molar-refractivity contribution in [3.8, 4) is 0 Å². The van der Waals surface area contributed by atoms with Crippen LogP contribution in [0.4, 0.5) is 4.79 Å². The molecule has 1 saturated heterocycles. The first-order valence-electron chi connectivity index (χ1n) is 9.04. The lowest BCUT2D eigenvalue weighted by Gasteiger charge is -2.32. The molecule has 1 aliphatic rings. The highest BCUT2D eigenvalue weighted by Gasteiger charge is 2.26. The highest BCUT2D eigenvalue weighted by molar-refractivity contribution is 5.68. The Morgan fingerprint density at radius 2 is 1.42 bits per heavy atom. The first kappa shape index (κ1) is 24.7. The van der Waals surface area contributed by atoms with E-state index in [4.69, 9.17) is 4.74 Å². The summed E-state index contributed by atoms with van der Waals surface area (Å²) in [6.07, 6.45) is 0.909. The van der Waals surface area contributed by atoms with Crippen molar-refractivity contribution in [2.24, 2.45) is 0 Å². The molecule has 1 heterocycles. The lowest BCUT2D eigenvalue weighted by atomic mass is 10.1. The van der Waals surface area contributed by atoms with Crippen LogP contribution in [0.15, 0.2) is 36.4 Å². The van der Waals surface area contributed by atoms with Gasteiger partial charge in [0.05, 0.1) is 6.10 Å². The van der Waals surface area contributed by atoms with Crippen LogP contribution in [0.1, 0.15) is 61.3 Å². The van der Waals surface area contributed by atoms with E-state index in [1.807, 2.05) is 84.9 Å². The third-order valence-electron chi connectivity index (χ3n) is 2.71. The topological polar surface area (TPSA) is 49.8 Å². The summed E-state index contributed by atoms with van der Waals surface area (Å²) < 4.78 is 5.20. The summed E-state index contributed by atoms with van der Waals surface area (Å²) in [6, 6.07) is 12.0. The molecule has 1 N–H and O–H groups in total. The van der Waals surface area contributed by atoms with Crippen molar-refractivity contribution in [1.29, 1.82) is 0 Å². The number of carbonyl (C=O) groups is 1. The summed E-state index contributed by atoms with van der Waals surface area (Å²) in [4.78, 5) is 13.1. The summed E-state index contributed by atoms with van der Waals surface area (Å²) in [5.41, 5.74) is -0.459. The van der Waals surface area contributed by atoms with Crippen molar-refractivity contribution in [2.75, 3.05) is 13.1 Å². The smallest absolute Gasteiger partial charge is 0.410 e. The van der Waals surface area contributed by atoms with Gasteiger partial charge >= 0.3 is 6.09 Å². The van der Waals surface area contributed by atoms with Crippen LogP contribution in [-0.4, -0.2) is 40.9 Å². The van der Waals surface area contributed by atoms with Gasteiger partial charge < -0.3 is 14.7 Å². The van der Waals surface area contributed by atoms with Gasteiger partial charge in [0.2, 0.25) is 0 Å². The predicted octanol–water partition coefficient (Wildman–Crippen LogP) is 5.12. The Morgan fingerprint density at radius 1 is 1.00 bits per heavy atom. The SMILES string of the molecule is CC.CC.CC(C)(C)OC(=O)N1CCCC(O)C1.c1ccccc1. The molecule has 1 amide bonds. The molecular weight excluding hydrogens is 302 g/mol. The van der Waals surface area contributed by atoms with Crippen molar-refractivity contribution in [1.82, 2.24) is 4.90 Å². The minimum atomic E-state index is -0.459. The molecule has 140 valence electrons. The molecule has 1 aromatic carbocycles.